The van der Waals surface area contributed by atoms with Crippen LogP contribution in [-0.4, -0.2) is 52.2 Å². The number of para-hydroxylation sites is 1. The smallest absolute Gasteiger partial charge is 0.260 e. The molecule has 0 saturated heterocycles. The van der Waals surface area contributed by atoms with Crippen molar-refractivity contribution in [3.05, 3.63) is 83.7 Å². The Morgan fingerprint density at radius 3 is 2.42 bits per heavy atom. The maximum absolute atomic E-state index is 13.3. The maximum Gasteiger partial charge on any atom is 0.260 e. The summed E-state index contributed by atoms with van der Waals surface area (Å²) in [5.41, 5.74) is 2.42. The average Bonchev–Trinajstić information content (AvgIpc) is 3.15. The van der Waals surface area contributed by atoms with Gasteiger partial charge in [0.15, 0.2) is 0 Å². The lowest BCUT2D eigenvalue weighted by atomic mass is 10.0. The molecule has 0 bridgehead atoms. The highest BCUT2D eigenvalue weighted by atomic mass is 16.2. The number of rotatable bonds is 7. The highest BCUT2D eigenvalue weighted by Gasteiger charge is 2.47. The first-order chi connectivity index (χ1) is 16.1. The largest absolute Gasteiger partial charge is 0.354 e. The first kappa shape index (κ1) is 20.6. The van der Waals surface area contributed by atoms with Gasteiger partial charge in [0, 0.05) is 49.6 Å². The second-order valence-corrected chi connectivity index (χ2v) is 7.75. The summed E-state index contributed by atoms with van der Waals surface area (Å²) >= 11 is 0. The minimum absolute atomic E-state index is 0.121. The van der Waals surface area contributed by atoms with Crippen molar-refractivity contribution in [2.75, 3.05) is 29.9 Å². The van der Waals surface area contributed by atoms with E-state index in [9.17, 15) is 14.4 Å². The Balaban J connectivity index is 1.28. The van der Waals surface area contributed by atoms with Gasteiger partial charge in [-0.15, -0.1) is 0 Å². The molecule has 2 aliphatic rings. The topological polar surface area (TPSA) is 108 Å². The molecule has 9 nitrogen and oxygen atoms in total. The van der Waals surface area contributed by atoms with Gasteiger partial charge in [0.25, 0.3) is 11.8 Å². The predicted octanol–water partition coefficient (Wildman–Crippen LogP) is 2.21. The van der Waals surface area contributed by atoms with Gasteiger partial charge in [-0.2, -0.15) is 0 Å². The molecule has 0 radical (unpaired) electrons. The summed E-state index contributed by atoms with van der Waals surface area (Å²) in [6.07, 6.45) is 2.84. The molecule has 1 aromatic heterocycles. The molecule has 0 saturated carbocycles. The summed E-state index contributed by atoms with van der Waals surface area (Å²) in [5, 5.41) is 5.86. The summed E-state index contributed by atoms with van der Waals surface area (Å²) in [5.74, 6) is -0.0122. The number of amides is 3. The molecule has 1 atom stereocenters. The number of carbonyl (C=O) groups excluding carboxylic acids is 3. The molecule has 33 heavy (non-hydrogen) atoms. The second kappa shape index (κ2) is 8.70. The van der Waals surface area contributed by atoms with E-state index in [1.165, 1.54) is 0 Å². The van der Waals surface area contributed by atoms with Crippen molar-refractivity contribution >= 4 is 29.4 Å². The van der Waals surface area contributed by atoms with E-state index in [1.54, 1.807) is 52.5 Å². The second-order valence-electron chi connectivity index (χ2n) is 7.75. The van der Waals surface area contributed by atoms with Gasteiger partial charge >= 0.3 is 0 Å². The van der Waals surface area contributed by atoms with Crippen LogP contribution in [-0.2, 0) is 4.79 Å². The molecule has 9 heteroatoms. The number of nitrogens with one attached hydrogen (secondary N) is 2. The third kappa shape index (κ3) is 3.78. The molecule has 2 N–H and O–H groups in total. The highest BCUT2D eigenvalue weighted by Crippen LogP contribution is 2.45. The molecule has 3 heterocycles. The van der Waals surface area contributed by atoms with Crippen LogP contribution in [0.4, 0.5) is 11.6 Å². The Labute approximate surface area is 190 Å². The van der Waals surface area contributed by atoms with Crippen molar-refractivity contribution in [3.63, 3.8) is 0 Å². The third-order valence-electron chi connectivity index (χ3n) is 5.76. The number of aromatic nitrogens is 2. The molecule has 3 amide bonds. The standard InChI is InChI=1S/C24H22N6O3/c31-20(25-13-14-28-24-26-11-5-12-27-24)10-15-29-21-16-6-1-2-7-17(16)23(33)30(21)19-9-4-3-8-18(19)22(29)32/h1-9,11-12,21H,10,13-15H2,(H,25,31)(H,26,27,28)/t21-/m0/s1. The van der Waals surface area contributed by atoms with Crippen molar-refractivity contribution in [3.8, 4) is 0 Å². The van der Waals surface area contributed by atoms with E-state index in [0.717, 1.165) is 5.56 Å². The van der Waals surface area contributed by atoms with Crippen molar-refractivity contribution in [1.29, 1.82) is 0 Å². The number of anilines is 2. The molecule has 166 valence electrons. The van der Waals surface area contributed by atoms with Crippen LogP contribution in [0, 0.1) is 0 Å². The number of hydrogen-bond donors (Lipinski definition) is 2. The van der Waals surface area contributed by atoms with Crippen molar-refractivity contribution < 1.29 is 14.4 Å². The predicted molar refractivity (Wildman–Crippen MR) is 122 cm³/mol. The van der Waals surface area contributed by atoms with Crippen molar-refractivity contribution in [1.82, 2.24) is 20.2 Å². The first-order valence-corrected chi connectivity index (χ1v) is 10.8. The molecule has 0 fully saturated rings. The molecule has 5 rings (SSSR count). The summed E-state index contributed by atoms with van der Waals surface area (Å²) in [4.78, 5) is 50.4. The molecule has 2 aliphatic heterocycles. The van der Waals surface area contributed by atoms with Gasteiger partial charge in [-0.25, -0.2) is 9.97 Å². The van der Waals surface area contributed by atoms with E-state index >= 15 is 0 Å². The van der Waals surface area contributed by atoms with Crippen molar-refractivity contribution in [2.45, 2.75) is 12.6 Å². The van der Waals surface area contributed by atoms with Gasteiger partial charge in [-0.05, 0) is 24.3 Å². The molecule has 0 spiro atoms. The van der Waals surface area contributed by atoms with E-state index in [0.29, 0.717) is 35.9 Å². The fourth-order valence-electron chi connectivity index (χ4n) is 4.28. The van der Waals surface area contributed by atoms with Gasteiger partial charge in [0.05, 0.1) is 11.3 Å². The van der Waals surface area contributed by atoms with Crippen molar-refractivity contribution in [2.24, 2.45) is 0 Å². The quantitative estimate of drug-likeness (QED) is 0.544. The molecule has 0 unspecified atom stereocenters. The van der Waals surface area contributed by atoms with E-state index in [-0.39, 0.29) is 30.7 Å². The number of carbonyl (C=O) groups is 3. The zero-order chi connectivity index (χ0) is 22.8. The zero-order valence-corrected chi connectivity index (χ0v) is 17.8. The molecule has 3 aromatic rings. The highest BCUT2D eigenvalue weighted by molar-refractivity contribution is 6.16. The normalized spacial score (nSPS) is 16.2. The van der Waals surface area contributed by atoms with Crippen LogP contribution in [0.2, 0.25) is 0 Å². The van der Waals surface area contributed by atoms with Crippen LogP contribution in [0.25, 0.3) is 0 Å². The lowest BCUT2D eigenvalue weighted by Crippen LogP contribution is -2.49. The lowest BCUT2D eigenvalue weighted by molar-refractivity contribution is -0.121. The molecular weight excluding hydrogens is 420 g/mol. The number of nitrogens with zero attached hydrogens (tertiary/aromatic N) is 4. The van der Waals surface area contributed by atoms with Gasteiger partial charge < -0.3 is 15.5 Å². The minimum atomic E-state index is -0.555. The lowest BCUT2D eigenvalue weighted by Gasteiger charge is -2.40. The van der Waals surface area contributed by atoms with Gasteiger partial charge in [-0.1, -0.05) is 30.3 Å². The molecular formula is C24H22N6O3. The Kier molecular flexibility index (Phi) is 5.43. The van der Waals surface area contributed by atoms with E-state index in [4.69, 9.17) is 0 Å². The fraction of sp³-hybridized carbons (Fsp3) is 0.208. The number of benzene rings is 2. The Morgan fingerprint density at radius 2 is 1.61 bits per heavy atom. The zero-order valence-electron chi connectivity index (χ0n) is 17.8. The monoisotopic (exact) mass is 442 g/mol. The van der Waals surface area contributed by atoms with Crippen LogP contribution >= 0.6 is 0 Å². The van der Waals surface area contributed by atoms with Crippen LogP contribution < -0.4 is 15.5 Å². The molecule has 2 aromatic carbocycles. The summed E-state index contributed by atoms with van der Waals surface area (Å²) in [6.45, 7) is 1.06. The molecule has 0 aliphatic carbocycles. The van der Waals surface area contributed by atoms with E-state index < -0.39 is 6.17 Å². The van der Waals surface area contributed by atoms with Gasteiger partial charge in [0.2, 0.25) is 11.9 Å². The van der Waals surface area contributed by atoms with Crippen LogP contribution in [0.3, 0.4) is 0 Å². The Hall–Kier alpha value is -4.27. The van der Waals surface area contributed by atoms with E-state index in [1.807, 2.05) is 24.3 Å². The van der Waals surface area contributed by atoms with Crippen LogP contribution in [0.1, 0.15) is 38.9 Å². The minimum Gasteiger partial charge on any atom is -0.354 e. The maximum atomic E-state index is 13.3. The average molecular weight is 442 g/mol. The first-order valence-electron chi connectivity index (χ1n) is 10.8. The van der Waals surface area contributed by atoms with Crippen LogP contribution in [0.5, 0.6) is 0 Å². The number of hydrogen-bond acceptors (Lipinski definition) is 6. The summed E-state index contributed by atoms with van der Waals surface area (Å²) in [7, 11) is 0. The van der Waals surface area contributed by atoms with Crippen LogP contribution in [0.15, 0.2) is 67.0 Å². The Bertz CT molecular complexity index is 1220. The van der Waals surface area contributed by atoms with E-state index in [2.05, 4.69) is 20.6 Å². The Morgan fingerprint density at radius 1 is 0.879 bits per heavy atom. The fourth-order valence-corrected chi connectivity index (χ4v) is 4.28. The van der Waals surface area contributed by atoms with Gasteiger partial charge in [0.1, 0.15) is 6.17 Å². The summed E-state index contributed by atoms with van der Waals surface area (Å²) < 4.78 is 0. The summed E-state index contributed by atoms with van der Waals surface area (Å²) in [6, 6.07) is 16.1. The van der Waals surface area contributed by atoms with Gasteiger partial charge in [-0.3, -0.25) is 19.3 Å². The SMILES string of the molecule is O=C(CCN1C(=O)c2ccccc2N2C(=O)c3ccccc3[C@@H]12)NCCNc1ncccn1. The third-order valence-corrected chi connectivity index (χ3v) is 5.76. The number of fused-ring (bicyclic) bond motifs is 5.